The van der Waals surface area contributed by atoms with Crippen LogP contribution in [-0.2, 0) is 21.1 Å². The van der Waals surface area contributed by atoms with Crippen molar-refractivity contribution in [2.75, 3.05) is 36.8 Å². The van der Waals surface area contributed by atoms with Crippen molar-refractivity contribution in [1.29, 1.82) is 0 Å². The molecule has 0 aliphatic carbocycles. The van der Waals surface area contributed by atoms with Gasteiger partial charge in [-0.2, -0.15) is 0 Å². The molecule has 0 radical (unpaired) electrons. The average molecular weight is 444 g/mol. The van der Waals surface area contributed by atoms with Gasteiger partial charge in [-0.1, -0.05) is 36.5 Å². The van der Waals surface area contributed by atoms with E-state index in [0.29, 0.717) is 18.0 Å². The Morgan fingerprint density at radius 1 is 1.07 bits per heavy atom. The molecule has 8 heteroatoms. The maximum atomic E-state index is 12.7. The van der Waals surface area contributed by atoms with Crippen LogP contribution in [0.4, 0.5) is 5.13 Å². The van der Waals surface area contributed by atoms with Crippen LogP contribution in [0.25, 0.3) is 10.2 Å². The highest BCUT2D eigenvalue weighted by molar-refractivity contribution is 7.91. The van der Waals surface area contributed by atoms with Crippen LogP contribution in [-0.4, -0.2) is 56.1 Å². The molecule has 6 nitrogen and oxygen atoms in total. The van der Waals surface area contributed by atoms with Crippen molar-refractivity contribution < 1.29 is 13.2 Å². The van der Waals surface area contributed by atoms with Crippen LogP contribution in [0.2, 0.25) is 0 Å². The summed E-state index contributed by atoms with van der Waals surface area (Å²) in [6.45, 7) is 6.56. The number of hydrogen-bond acceptors (Lipinski definition) is 6. The van der Waals surface area contributed by atoms with Crippen LogP contribution in [0, 0.1) is 6.92 Å². The van der Waals surface area contributed by atoms with E-state index in [2.05, 4.69) is 30.0 Å². The molecule has 1 saturated heterocycles. The standard InChI is InChI=1S/C22H25N3O3S2/c1-3-30(27,28)18-7-5-17(6-8-18)15-21(26)24-10-12-25(13-11-24)22-23-19-9-4-16(2)14-20(19)29-22/h4-9,14H,3,10-13,15H2,1-2H3. The fourth-order valence-corrected chi connectivity index (χ4v) is 5.57. The Kier molecular flexibility index (Phi) is 5.79. The second-order valence-corrected chi connectivity index (χ2v) is 10.8. The van der Waals surface area contributed by atoms with Gasteiger partial charge in [0.2, 0.25) is 5.91 Å². The van der Waals surface area contributed by atoms with Gasteiger partial charge in [0.15, 0.2) is 15.0 Å². The molecule has 2 heterocycles. The van der Waals surface area contributed by atoms with E-state index >= 15 is 0 Å². The number of thiazole rings is 1. The first kappa shape index (κ1) is 20.8. The summed E-state index contributed by atoms with van der Waals surface area (Å²) < 4.78 is 25.0. The predicted octanol–water partition coefficient (Wildman–Crippen LogP) is 3.29. The van der Waals surface area contributed by atoms with Crippen molar-refractivity contribution in [3.8, 4) is 0 Å². The molecule has 0 spiro atoms. The van der Waals surface area contributed by atoms with Crippen LogP contribution >= 0.6 is 11.3 Å². The van der Waals surface area contributed by atoms with Crippen molar-refractivity contribution in [1.82, 2.24) is 9.88 Å². The van der Waals surface area contributed by atoms with Crippen molar-refractivity contribution in [3.63, 3.8) is 0 Å². The van der Waals surface area contributed by atoms with Crippen molar-refractivity contribution >= 4 is 42.4 Å². The maximum absolute atomic E-state index is 12.7. The molecule has 0 atom stereocenters. The summed E-state index contributed by atoms with van der Waals surface area (Å²) in [6, 6.07) is 12.9. The van der Waals surface area contributed by atoms with E-state index in [1.165, 1.54) is 10.3 Å². The summed E-state index contributed by atoms with van der Waals surface area (Å²) in [7, 11) is -3.21. The molecule has 3 aromatic rings. The van der Waals surface area contributed by atoms with Crippen LogP contribution in [0.15, 0.2) is 47.4 Å². The van der Waals surface area contributed by atoms with Crippen molar-refractivity contribution in [2.45, 2.75) is 25.2 Å². The summed E-state index contributed by atoms with van der Waals surface area (Å²) in [5.41, 5.74) is 3.08. The molecule has 30 heavy (non-hydrogen) atoms. The Morgan fingerprint density at radius 3 is 2.43 bits per heavy atom. The van der Waals surface area contributed by atoms with Gasteiger partial charge in [0, 0.05) is 26.2 Å². The van der Waals surface area contributed by atoms with E-state index in [1.54, 1.807) is 42.5 Å². The minimum absolute atomic E-state index is 0.0701. The number of anilines is 1. The highest BCUT2D eigenvalue weighted by Crippen LogP contribution is 2.30. The number of hydrogen-bond donors (Lipinski definition) is 0. The molecule has 0 bridgehead atoms. The summed E-state index contributed by atoms with van der Waals surface area (Å²) in [4.78, 5) is 21.9. The fraction of sp³-hybridized carbons (Fsp3) is 0.364. The summed E-state index contributed by atoms with van der Waals surface area (Å²) in [5, 5.41) is 1.01. The number of carbonyl (C=O) groups is 1. The molecule has 0 N–H and O–H groups in total. The number of amides is 1. The first-order chi connectivity index (χ1) is 14.4. The first-order valence-electron chi connectivity index (χ1n) is 10.1. The quantitative estimate of drug-likeness (QED) is 0.605. The maximum Gasteiger partial charge on any atom is 0.227 e. The zero-order valence-corrected chi connectivity index (χ0v) is 18.8. The monoisotopic (exact) mass is 443 g/mol. The lowest BCUT2D eigenvalue weighted by Gasteiger charge is -2.34. The molecule has 1 fully saturated rings. The Balaban J connectivity index is 1.36. The number of sulfone groups is 1. The number of fused-ring (bicyclic) bond motifs is 1. The molecular weight excluding hydrogens is 418 g/mol. The third-order valence-corrected chi connectivity index (χ3v) is 8.28. The van der Waals surface area contributed by atoms with Gasteiger partial charge < -0.3 is 9.80 Å². The van der Waals surface area contributed by atoms with E-state index in [1.807, 2.05) is 4.90 Å². The number of nitrogens with zero attached hydrogens (tertiary/aromatic N) is 3. The molecule has 0 unspecified atom stereocenters. The number of aromatic nitrogens is 1. The van der Waals surface area contributed by atoms with E-state index in [0.717, 1.165) is 29.3 Å². The Hall–Kier alpha value is -2.45. The van der Waals surface area contributed by atoms with Crippen molar-refractivity contribution in [2.24, 2.45) is 0 Å². The largest absolute Gasteiger partial charge is 0.345 e. The van der Waals surface area contributed by atoms with Gasteiger partial charge in [-0.15, -0.1) is 0 Å². The van der Waals surface area contributed by atoms with Crippen LogP contribution in [0.1, 0.15) is 18.1 Å². The molecule has 1 aromatic heterocycles. The van der Waals surface area contributed by atoms with Crippen LogP contribution in [0.5, 0.6) is 0 Å². The zero-order valence-electron chi connectivity index (χ0n) is 17.2. The number of benzene rings is 2. The fourth-order valence-electron chi connectivity index (χ4n) is 3.57. The Morgan fingerprint density at radius 2 is 1.77 bits per heavy atom. The molecule has 4 rings (SSSR count). The Labute approximate surface area is 181 Å². The third kappa shape index (κ3) is 4.34. The summed E-state index contributed by atoms with van der Waals surface area (Å²) in [5.74, 6) is 0.143. The Bertz CT molecular complexity index is 1160. The lowest BCUT2D eigenvalue weighted by Crippen LogP contribution is -2.49. The van der Waals surface area contributed by atoms with Gasteiger partial charge in [0.1, 0.15) is 0 Å². The molecule has 1 amide bonds. The van der Waals surface area contributed by atoms with Gasteiger partial charge in [0.05, 0.1) is 27.3 Å². The molecule has 0 saturated carbocycles. The predicted molar refractivity (Wildman–Crippen MR) is 121 cm³/mol. The van der Waals surface area contributed by atoms with Gasteiger partial charge in [0.25, 0.3) is 0 Å². The van der Waals surface area contributed by atoms with Crippen LogP contribution in [0.3, 0.4) is 0 Å². The SMILES string of the molecule is CCS(=O)(=O)c1ccc(CC(=O)N2CCN(c3nc4ccc(C)cc4s3)CC2)cc1. The first-order valence-corrected chi connectivity index (χ1v) is 12.5. The van der Waals surface area contributed by atoms with E-state index in [9.17, 15) is 13.2 Å². The third-order valence-electron chi connectivity index (χ3n) is 5.45. The zero-order chi connectivity index (χ0) is 21.3. The lowest BCUT2D eigenvalue weighted by atomic mass is 10.1. The van der Waals surface area contributed by atoms with Gasteiger partial charge >= 0.3 is 0 Å². The number of piperazine rings is 1. The molecule has 1 aliphatic heterocycles. The molecule has 2 aromatic carbocycles. The highest BCUT2D eigenvalue weighted by atomic mass is 32.2. The van der Waals surface area contributed by atoms with E-state index < -0.39 is 9.84 Å². The smallest absolute Gasteiger partial charge is 0.227 e. The second kappa shape index (κ2) is 8.35. The van der Waals surface area contributed by atoms with Gasteiger partial charge in [-0.25, -0.2) is 13.4 Å². The summed E-state index contributed by atoms with van der Waals surface area (Å²) in [6.07, 6.45) is 0.285. The van der Waals surface area contributed by atoms with Crippen LogP contribution < -0.4 is 4.90 Å². The minimum atomic E-state index is -3.21. The van der Waals surface area contributed by atoms with Gasteiger partial charge in [-0.05, 0) is 42.3 Å². The van der Waals surface area contributed by atoms with E-state index in [4.69, 9.17) is 4.98 Å². The minimum Gasteiger partial charge on any atom is -0.345 e. The normalized spacial score (nSPS) is 15.0. The summed E-state index contributed by atoms with van der Waals surface area (Å²) >= 11 is 1.70. The molecule has 1 aliphatic rings. The topological polar surface area (TPSA) is 70.6 Å². The number of aryl methyl sites for hydroxylation is 1. The van der Waals surface area contributed by atoms with Gasteiger partial charge in [-0.3, -0.25) is 4.79 Å². The lowest BCUT2D eigenvalue weighted by molar-refractivity contribution is -0.130. The van der Waals surface area contributed by atoms with E-state index in [-0.39, 0.29) is 18.1 Å². The number of rotatable bonds is 5. The average Bonchev–Trinajstić information content (AvgIpc) is 3.17. The molecule has 158 valence electrons. The second-order valence-electron chi connectivity index (χ2n) is 7.56. The molecular formula is C22H25N3O3S2. The van der Waals surface area contributed by atoms with Crippen molar-refractivity contribution in [3.05, 3.63) is 53.6 Å². The number of carbonyl (C=O) groups excluding carboxylic acids is 1. The highest BCUT2D eigenvalue weighted by Gasteiger charge is 2.23.